The third-order valence-electron chi connectivity index (χ3n) is 3.97. The SMILES string of the molecule is Cc1c(F)cc(F)c(C2(N)CCCC(C)(O)C2=O)c1F. The smallest absolute Gasteiger partial charge is 0.188 e. The first-order valence-corrected chi connectivity index (χ1v) is 6.32. The molecule has 1 aliphatic rings. The van der Waals surface area contributed by atoms with Crippen LogP contribution >= 0.6 is 0 Å². The van der Waals surface area contributed by atoms with E-state index in [1.165, 1.54) is 6.92 Å². The maximum Gasteiger partial charge on any atom is 0.188 e. The van der Waals surface area contributed by atoms with E-state index in [0.29, 0.717) is 12.5 Å². The van der Waals surface area contributed by atoms with E-state index in [1.807, 2.05) is 0 Å². The van der Waals surface area contributed by atoms with Gasteiger partial charge < -0.3 is 10.8 Å². The molecule has 1 saturated carbocycles. The lowest BCUT2D eigenvalue weighted by Gasteiger charge is -2.40. The van der Waals surface area contributed by atoms with Crippen molar-refractivity contribution in [3.8, 4) is 0 Å². The van der Waals surface area contributed by atoms with E-state index >= 15 is 0 Å². The summed E-state index contributed by atoms with van der Waals surface area (Å²) in [5, 5.41) is 10.00. The molecule has 2 atom stereocenters. The van der Waals surface area contributed by atoms with E-state index in [0.717, 1.165) is 6.92 Å². The maximum atomic E-state index is 14.2. The van der Waals surface area contributed by atoms with Gasteiger partial charge in [0.25, 0.3) is 0 Å². The molecule has 0 bridgehead atoms. The zero-order valence-electron chi connectivity index (χ0n) is 11.3. The summed E-state index contributed by atoms with van der Waals surface area (Å²) in [5.74, 6) is -4.27. The molecular weight excluding hydrogens is 271 g/mol. The van der Waals surface area contributed by atoms with Crippen LogP contribution in [0.4, 0.5) is 13.2 Å². The second-order valence-electron chi connectivity index (χ2n) is 5.58. The number of hydrogen-bond donors (Lipinski definition) is 2. The van der Waals surface area contributed by atoms with Crippen LogP contribution in [0.15, 0.2) is 6.07 Å². The average molecular weight is 287 g/mol. The van der Waals surface area contributed by atoms with E-state index in [9.17, 15) is 23.1 Å². The van der Waals surface area contributed by atoms with Gasteiger partial charge in [0, 0.05) is 11.6 Å². The van der Waals surface area contributed by atoms with Crippen molar-refractivity contribution in [2.45, 2.75) is 44.2 Å². The van der Waals surface area contributed by atoms with Crippen LogP contribution in [0, 0.1) is 24.4 Å². The molecule has 1 aliphatic carbocycles. The molecule has 0 aromatic heterocycles. The molecule has 0 aliphatic heterocycles. The van der Waals surface area contributed by atoms with Crippen LogP contribution in [0.3, 0.4) is 0 Å². The molecule has 0 heterocycles. The van der Waals surface area contributed by atoms with Gasteiger partial charge in [-0.25, -0.2) is 13.2 Å². The standard InChI is InChI=1S/C14H16F3NO2/c1-7-8(15)6-9(16)10(11(7)17)14(18)5-3-4-13(2,20)12(14)19/h6,20H,3-5,18H2,1-2H3. The lowest BCUT2D eigenvalue weighted by Crippen LogP contribution is -2.58. The number of carbonyl (C=O) groups excluding carboxylic acids is 1. The number of aliphatic hydroxyl groups is 1. The molecule has 0 amide bonds. The number of nitrogens with two attached hydrogens (primary N) is 1. The number of carbonyl (C=O) groups is 1. The van der Waals surface area contributed by atoms with Crippen LogP contribution in [-0.2, 0) is 10.3 Å². The zero-order chi connectivity index (χ0) is 15.3. The summed E-state index contributed by atoms with van der Waals surface area (Å²) >= 11 is 0. The Morgan fingerprint density at radius 2 is 1.85 bits per heavy atom. The number of rotatable bonds is 1. The fourth-order valence-electron chi connectivity index (χ4n) is 2.76. The first kappa shape index (κ1) is 15.0. The number of halogens is 3. The quantitative estimate of drug-likeness (QED) is 0.831. The van der Waals surface area contributed by atoms with E-state index in [2.05, 4.69) is 0 Å². The normalized spacial score (nSPS) is 30.6. The zero-order valence-corrected chi connectivity index (χ0v) is 11.3. The Morgan fingerprint density at radius 1 is 1.25 bits per heavy atom. The third kappa shape index (κ3) is 2.03. The maximum absolute atomic E-state index is 14.2. The van der Waals surface area contributed by atoms with E-state index in [-0.39, 0.29) is 12.8 Å². The molecule has 2 rings (SSSR count). The number of Topliss-reactive ketones (excluding diaryl/α,β-unsaturated/α-hetero) is 1. The van der Waals surface area contributed by atoms with Crippen molar-refractivity contribution < 1.29 is 23.1 Å². The fourth-order valence-corrected chi connectivity index (χ4v) is 2.76. The van der Waals surface area contributed by atoms with Gasteiger partial charge in [-0.3, -0.25) is 4.79 Å². The van der Waals surface area contributed by atoms with Crippen molar-refractivity contribution in [1.29, 1.82) is 0 Å². The first-order valence-electron chi connectivity index (χ1n) is 6.32. The molecule has 1 aromatic carbocycles. The van der Waals surface area contributed by atoms with Crippen molar-refractivity contribution in [2.75, 3.05) is 0 Å². The number of hydrogen-bond acceptors (Lipinski definition) is 3. The molecule has 0 radical (unpaired) electrons. The molecule has 0 spiro atoms. The molecule has 3 N–H and O–H groups in total. The summed E-state index contributed by atoms with van der Waals surface area (Å²) in [7, 11) is 0. The molecule has 6 heteroatoms. The average Bonchev–Trinajstić information content (AvgIpc) is 2.33. The van der Waals surface area contributed by atoms with Gasteiger partial charge in [0.05, 0.1) is 5.56 Å². The molecule has 3 nitrogen and oxygen atoms in total. The van der Waals surface area contributed by atoms with Crippen LogP contribution in [0.25, 0.3) is 0 Å². The Hall–Kier alpha value is -1.40. The Kier molecular flexibility index (Phi) is 3.42. The molecule has 1 aromatic rings. The van der Waals surface area contributed by atoms with E-state index in [4.69, 9.17) is 5.73 Å². The second kappa shape index (κ2) is 4.56. The van der Waals surface area contributed by atoms with Crippen molar-refractivity contribution >= 4 is 5.78 Å². The molecule has 0 saturated heterocycles. The highest BCUT2D eigenvalue weighted by atomic mass is 19.1. The van der Waals surface area contributed by atoms with Crippen LogP contribution in [-0.4, -0.2) is 16.5 Å². The minimum absolute atomic E-state index is 0.000889. The van der Waals surface area contributed by atoms with Gasteiger partial charge in [0.15, 0.2) is 5.78 Å². The van der Waals surface area contributed by atoms with Crippen molar-refractivity contribution in [3.63, 3.8) is 0 Å². The number of benzene rings is 1. The van der Waals surface area contributed by atoms with Gasteiger partial charge in [-0.05, 0) is 33.1 Å². The molecule has 1 fully saturated rings. The lowest BCUT2D eigenvalue weighted by atomic mass is 9.69. The summed E-state index contributed by atoms with van der Waals surface area (Å²) < 4.78 is 41.4. The van der Waals surface area contributed by atoms with Gasteiger partial charge in [0.2, 0.25) is 0 Å². The summed E-state index contributed by atoms with van der Waals surface area (Å²) in [6.45, 7) is 2.41. The highest BCUT2D eigenvalue weighted by Crippen LogP contribution is 2.40. The van der Waals surface area contributed by atoms with Crippen molar-refractivity contribution in [3.05, 3.63) is 34.6 Å². The summed E-state index contributed by atoms with van der Waals surface area (Å²) in [5.41, 5.74) is 1.12. The van der Waals surface area contributed by atoms with Gasteiger partial charge in [-0.1, -0.05) is 0 Å². The monoisotopic (exact) mass is 287 g/mol. The molecule has 2 unspecified atom stereocenters. The highest BCUT2D eigenvalue weighted by Gasteiger charge is 2.51. The van der Waals surface area contributed by atoms with E-state index in [1.54, 1.807) is 0 Å². The van der Waals surface area contributed by atoms with Crippen LogP contribution in [0.5, 0.6) is 0 Å². The van der Waals surface area contributed by atoms with Gasteiger partial charge in [-0.15, -0.1) is 0 Å². The molecule has 110 valence electrons. The Labute approximate surface area is 114 Å². The fraction of sp³-hybridized carbons (Fsp3) is 0.500. The highest BCUT2D eigenvalue weighted by molar-refractivity contribution is 5.96. The third-order valence-corrected chi connectivity index (χ3v) is 3.97. The second-order valence-corrected chi connectivity index (χ2v) is 5.58. The van der Waals surface area contributed by atoms with Crippen LogP contribution in [0.2, 0.25) is 0 Å². The first-order chi connectivity index (χ1) is 9.11. The van der Waals surface area contributed by atoms with Crippen LogP contribution in [0.1, 0.15) is 37.3 Å². The van der Waals surface area contributed by atoms with Crippen LogP contribution < -0.4 is 5.73 Å². The predicted octanol–water partition coefficient (Wildman–Crippen LogP) is 2.07. The summed E-state index contributed by atoms with van der Waals surface area (Å²) in [6.07, 6.45) is 0.514. The Bertz CT molecular complexity index is 586. The van der Waals surface area contributed by atoms with Gasteiger partial charge in [-0.2, -0.15) is 0 Å². The number of ketones is 1. The van der Waals surface area contributed by atoms with Crippen molar-refractivity contribution in [2.24, 2.45) is 5.73 Å². The largest absolute Gasteiger partial charge is 0.382 e. The predicted molar refractivity (Wildman–Crippen MR) is 66.4 cm³/mol. The van der Waals surface area contributed by atoms with Crippen molar-refractivity contribution in [1.82, 2.24) is 0 Å². The molecular formula is C14H16F3NO2. The topological polar surface area (TPSA) is 63.3 Å². The molecule has 20 heavy (non-hydrogen) atoms. The van der Waals surface area contributed by atoms with Gasteiger partial charge >= 0.3 is 0 Å². The summed E-state index contributed by atoms with van der Waals surface area (Å²) in [6, 6.07) is 0.513. The van der Waals surface area contributed by atoms with Gasteiger partial charge in [0.1, 0.15) is 28.6 Å². The Morgan fingerprint density at radius 3 is 2.45 bits per heavy atom. The Balaban J connectivity index is 2.67. The minimum Gasteiger partial charge on any atom is -0.382 e. The lowest BCUT2D eigenvalue weighted by molar-refractivity contribution is -0.146. The summed E-state index contributed by atoms with van der Waals surface area (Å²) in [4.78, 5) is 12.3. The van der Waals surface area contributed by atoms with E-state index < -0.39 is 45.5 Å². The minimum atomic E-state index is -1.98.